The molecule has 2 aliphatic rings. The van der Waals surface area contributed by atoms with Crippen molar-refractivity contribution >= 4 is 69.4 Å². The predicted molar refractivity (Wildman–Crippen MR) is 172 cm³/mol. The second-order valence-corrected chi connectivity index (χ2v) is 12.7. The molecular weight excluding hydrogens is 615 g/mol. The molecule has 2 fully saturated rings. The van der Waals surface area contributed by atoms with E-state index in [1.165, 1.54) is 0 Å². The molecule has 4 N–H and O–H groups in total. The van der Waals surface area contributed by atoms with Crippen LogP contribution in [0.1, 0.15) is 46.1 Å². The van der Waals surface area contributed by atoms with Crippen LogP contribution in [0, 0.1) is 13.8 Å². The lowest BCUT2D eigenvalue weighted by Crippen LogP contribution is -2.31. The van der Waals surface area contributed by atoms with Crippen LogP contribution in [0.15, 0.2) is 35.0 Å². The summed E-state index contributed by atoms with van der Waals surface area (Å²) in [4.78, 5) is 23.7. The third-order valence-electron chi connectivity index (χ3n) is 6.88. The molecule has 6 rings (SSSR count). The molecule has 0 saturated carbocycles. The highest BCUT2D eigenvalue weighted by Gasteiger charge is 2.29. The predicted octanol–water partition coefficient (Wildman–Crippen LogP) is 6.10. The minimum absolute atomic E-state index is 0.0636. The summed E-state index contributed by atoms with van der Waals surface area (Å²) in [5.41, 5.74) is 13.3. The van der Waals surface area contributed by atoms with E-state index in [1.807, 2.05) is 48.9 Å². The van der Waals surface area contributed by atoms with E-state index in [0.717, 1.165) is 82.0 Å². The number of hydrogen-bond donors (Lipinski definition) is 2. The number of halogens is 2. The summed E-state index contributed by atoms with van der Waals surface area (Å²) in [5.74, 6) is 2.26. The molecule has 4 aromatic heterocycles. The van der Waals surface area contributed by atoms with Crippen LogP contribution in [0.3, 0.4) is 0 Å². The second kappa shape index (κ2) is 14.2. The molecule has 0 aliphatic carbocycles. The summed E-state index contributed by atoms with van der Waals surface area (Å²) in [6.45, 7) is 8.24. The fourth-order valence-electron chi connectivity index (χ4n) is 5.07. The second-order valence-electron chi connectivity index (χ2n) is 9.99. The van der Waals surface area contributed by atoms with E-state index in [-0.39, 0.29) is 12.1 Å². The smallest absolute Gasteiger partial charge is 0.222 e. The normalized spacial score (nSPS) is 19.5. The molecule has 6 heterocycles. The fraction of sp³-hybridized carbons (Fsp3) is 0.429. The number of thiophene rings is 2. The molecule has 14 heteroatoms. The third-order valence-corrected chi connectivity index (χ3v) is 9.80. The molecular formula is C28H34Cl2N8O2S2. The SMILES string of the molecule is Cc1cc(N2CCCOC[C@@H]2c2sccc2Cl)nc(N)n1.Cc1cc(N2CCCOC[C@H]2c2sccc2Cl)nc(N)n1. The number of anilines is 4. The largest absolute Gasteiger partial charge is 0.379 e. The quantitative estimate of drug-likeness (QED) is 0.268. The van der Waals surface area contributed by atoms with Gasteiger partial charge in [-0.3, -0.25) is 0 Å². The monoisotopic (exact) mass is 648 g/mol. The Balaban J connectivity index is 0.000000168. The lowest BCUT2D eigenvalue weighted by molar-refractivity contribution is 0.135. The Bertz CT molecular complexity index is 1340. The van der Waals surface area contributed by atoms with Crippen LogP contribution in [-0.2, 0) is 9.47 Å². The third kappa shape index (κ3) is 7.42. The van der Waals surface area contributed by atoms with Gasteiger partial charge in [0, 0.05) is 59.6 Å². The Morgan fingerprint density at radius 3 is 1.52 bits per heavy atom. The number of hydrogen-bond acceptors (Lipinski definition) is 12. The van der Waals surface area contributed by atoms with Crippen LogP contribution >= 0.6 is 45.9 Å². The molecule has 4 aromatic rings. The van der Waals surface area contributed by atoms with E-state index < -0.39 is 0 Å². The molecule has 0 amide bonds. The van der Waals surface area contributed by atoms with Crippen LogP contribution in [0.25, 0.3) is 0 Å². The highest BCUT2D eigenvalue weighted by Crippen LogP contribution is 2.37. The lowest BCUT2D eigenvalue weighted by Gasteiger charge is -2.30. The van der Waals surface area contributed by atoms with Gasteiger partial charge in [-0.1, -0.05) is 23.2 Å². The molecule has 0 bridgehead atoms. The van der Waals surface area contributed by atoms with Crippen molar-refractivity contribution in [2.45, 2.75) is 38.8 Å². The average Bonchev–Trinajstić information content (AvgIpc) is 3.37. The maximum absolute atomic E-state index is 6.31. The first-order chi connectivity index (χ1) is 20.3. The van der Waals surface area contributed by atoms with Crippen LogP contribution in [0.5, 0.6) is 0 Å². The Labute approximate surface area is 263 Å². The van der Waals surface area contributed by atoms with Gasteiger partial charge < -0.3 is 30.7 Å². The minimum atomic E-state index is 0.0636. The van der Waals surface area contributed by atoms with Gasteiger partial charge in [0.15, 0.2) is 0 Å². The Kier molecular flexibility index (Phi) is 10.3. The van der Waals surface area contributed by atoms with Crippen LogP contribution in [0.4, 0.5) is 23.5 Å². The van der Waals surface area contributed by atoms with E-state index in [9.17, 15) is 0 Å². The number of nitrogens with two attached hydrogens (primary N) is 2. The van der Waals surface area contributed by atoms with Gasteiger partial charge in [0.2, 0.25) is 11.9 Å². The van der Waals surface area contributed by atoms with Crippen LogP contribution < -0.4 is 21.3 Å². The summed E-state index contributed by atoms with van der Waals surface area (Å²) in [7, 11) is 0. The average molecular weight is 650 g/mol. The lowest BCUT2D eigenvalue weighted by atomic mass is 10.2. The fourth-order valence-corrected chi connectivity index (χ4v) is 7.63. The van der Waals surface area contributed by atoms with Crippen molar-refractivity contribution in [3.05, 3.63) is 66.2 Å². The number of aromatic nitrogens is 4. The first-order valence-corrected chi connectivity index (χ1v) is 16.2. The summed E-state index contributed by atoms with van der Waals surface area (Å²) in [5, 5.41) is 5.55. The molecule has 0 unspecified atom stereocenters. The van der Waals surface area contributed by atoms with Gasteiger partial charge in [0.05, 0.1) is 35.3 Å². The van der Waals surface area contributed by atoms with Crippen molar-refractivity contribution in [1.29, 1.82) is 0 Å². The summed E-state index contributed by atoms with van der Waals surface area (Å²) < 4.78 is 11.5. The van der Waals surface area contributed by atoms with Gasteiger partial charge in [-0.2, -0.15) is 9.97 Å². The first kappa shape index (κ1) is 30.7. The summed E-state index contributed by atoms with van der Waals surface area (Å²) in [6, 6.07) is 7.88. The number of nitrogens with zero attached hydrogens (tertiary/aromatic N) is 6. The number of nitrogen functional groups attached to an aromatic ring is 2. The van der Waals surface area contributed by atoms with Crippen molar-refractivity contribution in [2.75, 3.05) is 60.8 Å². The van der Waals surface area contributed by atoms with Crippen molar-refractivity contribution in [3.63, 3.8) is 0 Å². The molecule has 10 nitrogen and oxygen atoms in total. The van der Waals surface area contributed by atoms with E-state index in [0.29, 0.717) is 25.1 Å². The zero-order valence-corrected chi connectivity index (χ0v) is 26.6. The molecule has 224 valence electrons. The van der Waals surface area contributed by atoms with E-state index in [1.54, 1.807) is 22.7 Å². The zero-order chi connectivity index (χ0) is 29.6. The van der Waals surface area contributed by atoms with Crippen molar-refractivity contribution in [2.24, 2.45) is 0 Å². The first-order valence-electron chi connectivity index (χ1n) is 13.7. The van der Waals surface area contributed by atoms with Crippen molar-refractivity contribution in [3.8, 4) is 0 Å². The van der Waals surface area contributed by atoms with Crippen LogP contribution in [0.2, 0.25) is 10.0 Å². The topological polar surface area (TPSA) is 129 Å². The number of ether oxygens (including phenoxy) is 2. The number of aryl methyl sites for hydroxylation is 2. The summed E-state index contributed by atoms with van der Waals surface area (Å²) in [6.07, 6.45) is 1.89. The highest BCUT2D eigenvalue weighted by molar-refractivity contribution is 7.11. The number of rotatable bonds is 4. The standard InChI is InChI=1S/2C14H17ClN4OS/c2*1-9-7-12(18-14(16)17-9)19-4-2-5-20-8-11(19)13-10(15)3-6-21-13/h2*3,6-7,11H,2,4-5,8H2,1H3,(H2,16,17,18)/t2*11-/m10/s1. The van der Waals surface area contributed by atoms with Gasteiger partial charge in [-0.15, -0.1) is 22.7 Å². The highest BCUT2D eigenvalue weighted by atomic mass is 35.5. The van der Waals surface area contributed by atoms with Gasteiger partial charge >= 0.3 is 0 Å². The van der Waals surface area contributed by atoms with Gasteiger partial charge in [-0.05, 0) is 49.6 Å². The maximum Gasteiger partial charge on any atom is 0.222 e. The van der Waals surface area contributed by atoms with E-state index in [4.69, 9.17) is 44.1 Å². The van der Waals surface area contributed by atoms with Crippen LogP contribution in [-0.4, -0.2) is 59.5 Å². The van der Waals surface area contributed by atoms with Gasteiger partial charge in [0.25, 0.3) is 0 Å². The molecule has 0 aromatic carbocycles. The van der Waals surface area contributed by atoms with E-state index in [2.05, 4.69) is 29.7 Å². The van der Waals surface area contributed by atoms with Gasteiger partial charge in [-0.25, -0.2) is 9.97 Å². The molecule has 0 radical (unpaired) electrons. The van der Waals surface area contributed by atoms with Crippen molar-refractivity contribution < 1.29 is 9.47 Å². The Morgan fingerprint density at radius 1 is 0.738 bits per heavy atom. The molecule has 2 saturated heterocycles. The molecule has 2 aliphatic heterocycles. The zero-order valence-electron chi connectivity index (χ0n) is 23.5. The Hall–Kier alpha value is -2.74. The van der Waals surface area contributed by atoms with Gasteiger partial charge in [0.1, 0.15) is 11.6 Å². The van der Waals surface area contributed by atoms with Crippen molar-refractivity contribution in [1.82, 2.24) is 19.9 Å². The van der Waals surface area contributed by atoms with E-state index >= 15 is 0 Å². The summed E-state index contributed by atoms with van der Waals surface area (Å²) >= 11 is 15.9. The Morgan fingerprint density at radius 2 is 1.17 bits per heavy atom. The molecule has 42 heavy (non-hydrogen) atoms. The maximum atomic E-state index is 6.31. The molecule has 0 spiro atoms. The minimum Gasteiger partial charge on any atom is -0.379 e. The molecule has 2 atom stereocenters.